The van der Waals surface area contributed by atoms with E-state index < -0.39 is 5.97 Å². The fourth-order valence-electron chi connectivity index (χ4n) is 3.83. The van der Waals surface area contributed by atoms with E-state index in [1.54, 1.807) is 12.1 Å². The summed E-state index contributed by atoms with van der Waals surface area (Å²) >= 11 is 0. The van der Waals surface area contributed by atoms with E-state index in [1.165, 1.54) is 6.08 Å². The standard InChI is InChI=1S/C28H23NO3/c1-2-19(18-27(30)31)21-12-8-13-24(16-21)29-28(32)26-17-23(20-9-4-3-5-10-20)15-22-11-6-7-14-25(22)26/h3-18H,2H2,1H3,(H,29,32)(H,30,31)/b19-18+. The fraction of sp³-hybridized carbons (Fsp3) is 0.0714. The Bertz CT molecular complexity index is 1320. The molecule has 0 atom stereocenters. The highest BCUT2D eigenvalue weighted by Crippen LogP contribution is 2.29. The van der Waals surface area contributed by atoms with Crippen molar-refractivity contribution in [3.8, 4) is 11.1 Å². The smallest absolute Gasteiger partial charge is 0.328 e. The number of carbonyl (C=O) groups is 2. The van der Waals surface area contributed by atoms with Gasteiger partial charge in [-0.05, 0) is 63.7 Å². The lowest BCUT2D eigenvalue weighted by Gasteiger charge is -2.13. The maximum absolute atomic E-state index is 13.3. The molecule has 4 nitrogen and oxygen atoms in total. The Morgan fingerprint density at radius 1 is 0.844 bits per heavy atom. The van der Waals surface area contributed by atoms with Crippen LogP contribution in [-0.4, -0.2) is 17.0 Å². The minimum atomic E-state index is -0.986. The normalized spacial score (nSPS) is 11.3. The van der Waals surface area contributed by atoms with Gasteiger partial charge in [0.25, 0.3) is 5.91 Å². The summed E-state index contributed by atoms with van der Waals surface area (Å²) < 4.78 is 0. The van der Waals surface area contributed by atoms with Gasteiger partial charge in [0.15, 0.2) is 0 Å². The molecular weight excluding hydrogens is 398 g/mol. The Hall–Kier alpha value is -4.18. The zero-order valence-corrected chi connectivity index (χ0v) is 17.7. The number of hydrogen-bond donors (Lipinski definition) is 2. The van der Waals surface area contributed by atoms with Gasteiger partial charge in [-0.15, -0.1) is 0 Å². The highest BCUT2D eigenvalue weighted by atomic mass is 16.4. The van der Waals surface area contributed by atoms with Crippen molar-refractivity contribution in [2.45, 2.75) is 13.3 Å². The van der Waals surface area contributed by atoms with Crippen LogP contribution >= 0.6 is 0 Å². The second-order valence-electron chi connectivity index (χ2n) is 7.51. The summed E-state index contributed by atoms with van der Waals surface area (Å²) in [6, 6.07) is 29.1. The molecule has 0 radical (unpaired) electrons. The third kappa shape index (κ3) is 4.60. The lowest BCUT2D eigenvalue weighted by atomic mass is 9.96. The van der Waals surface area contributed by atoms with E-state index in [0.29, 0.717) is 23.2 Å². The van der Waals surface area contributed by atoms with Crippen LogP contribution in [0.5, 0.6) is 0 Å². The van der Waals surface area contributed by atoms with Crippen molar-refractivity contribution in [1.29, 1.82) is 0 Å². The summed E-state index contributed by atoms with van der Waals surface area (Å²) in [5.41, 5.74) is 4.69. The molecule has 0 bridgehead atoms. The highest BCUT2D eigenvalue weighted by molar-refractivity contribution is 6.14. The summed E-state index contributed by atoms with van der Waals surface area (Å²) in [6.45, 7) is 1.90. The summed E-state index contributed by atoms with van der Waals surface area (Å²) in [5, 5.41) is 14.0. The molecular formula is C28H23NO3. The molecule has 0 aromatic heterocycles. The van der Waals surface area contributed by atoms with Crippen molar-refractivity contribution in [2.24, 2.45) is 0 Å². The van der Waals surface area contributed by atoms with Crippen LogP contribution in [0.4, 0.5) is 5.69 Å². The number of allylic oxidation sites excluding steroid dienone is 1. The van der Waals surface area contributed by atoms with Crippen molar-refractivity contribution in [2.75, 3.05) is 5.32 Å². The summed E-state index contributed by atoms with van der Waals surface area (Å²) in [7, 11) is 0. The van der Waals surface area contributed by atoms with E-state index in [-0.39, 0.29) is 5.91 Å². The van der Waals surface area contributed by atoms with Gasteiger partial charge in [-0.3, -0.25) is 4.79 Å². The molecule has 4 rings (SSSR count). The van der Waals surface area contributed by atoms with Crippen molar-refractivity contribution in [3.05, 3.63) is 108 Å². The number of fused-ring (bicyclic) bond motifs is 1. The third-order valence-corrected chi connectivity index (χ3v) is 5.38. The molecule has 0 aliphatic heterocycles. The van der Waals surface area contributed by atoms with Crippen molar-refractivity contribution < 1.29 is 14.7 Å². The molecule has 4 aromatic carbocycles. The molecule has 1 amide bonds. The number of benzene rings is 4. The van der Waals surface area contributed by atoms with Crippen LogP contribution in [0, 0.1) is 0 Å². The molecule has 2 N–H and O–H groups in total. The second-order valence-corrected chi connectivity index (χ2v) is 7.51. The quantitative estimate of drug-likeness (QED) is 0.343. The lowest BCUT2D eigenvalue weighted by molar-refractivity contribution is -0.131. The van der Waals surface area contributed by atoms with E-state index >= 15 is 0 Å². The Morgan fingerprint density at radius 3 is 2.34 bits per heavy atom. The highest BCUT2D eigenvalue weighted by Gasteiger charge is 2.14. The van der Waals surface area contributed by atoms with Crippen LogP contribution in [0.1, 0.15) is 29.3 Å². The van der Waals surface area contributed by atoms with Crippen molar-refractivity contribution in [3.63, 3.8) is 0 Å². The maximum Gasteiger partial charge on any atom is 0.328 e. The number of aliphatic carboxylic acids is 1. The van der Waals surface area contributed by atoms with Crippen LogP contribution < -0.4 is 5.32 Å². The van der Waals surface area contributed by atoms with E-state index in [0.717, 1.165) is 27.5 Å². The molecule has 0 aliphatic carbocycles. The van der Waals surface area contributed by atoms with Gasteiger partial charge in [0.05, 0.1) is 0 Å². The first kappa shape index (κ1) is 21.1. The first-order valence-corrected chi connectivity index (χ1v) is 10.5. The van der Waals surface area contributed by atoms with Gasteiger partial charge in [0.2, 0.25) is 0 Å². The minimum absolute atomic E-state index is 0.212. The number of rotatable bonds is 6. The molecule has 0 spiro atoms. The summed E-state index contributed by atoms with van der Waals surface area (Å²) in [5.74, 6) is -1.20. The molecule has 0 heterocycles. The van der Waals surface area contributed by atoms with Crippen LogP contribution in [0.15, 0.2) is 97.1 Å². The zero-order valence-electron chi connectivity index (χ0n) is 17.7. The summed E-state index contributed by atoms with van der Waals surface area (Å²) in [6.07, 6.45) is 1.78. The van der Waals surface area contributed by atoms with Crippen molar-refractivity contribution >= 4 is 33.9 Å². The number of carbonyl (C=O) groups excluding carboxylic acids is 1. The molecule has 0 fully saturated rings. The van der Waals surface area contributed by atoms with Crippen LogP contribution in [0.25, 0.3) is 27.5 Å². The Morgan fingerprint density at radius 2 is 1.59 bits per heavy atom. The van der Waals surface area contributed by atoms with Crippen molar-refractivity contribution in [1.82, 2.24) is 0 Å². The number of amides is 1. The molecule has 0 saturated heterocycles. The average Bonchev–Trinajstić information content (AvgIpc) is 2.82. The van der Waals surface area contributed by atoms with Gasteiger partial charge in [-0.2, -0.15) is 0 Å². The zero-order chi connectivity index (χ0) is 22.5. The Balaban J connectivity index is 1.72. The van der Waals surface area contributed by atoms with Gasteiger partial charge in [0, 0.05) is 17.3 Å². The number of hydrogen-bond acceptors (Lipinski definition) is 2. The van der Waals surface area contributed by atoms with Crippen LogP contribution in [0.3, 0.4) is 0 Å². The maximum atomic E-state index is 13.3. The van der Waals surface area contributed by atoms with Gasteiger partial charge >= 0.3 is 5.97 Å². The number of carboxylic acid groups (broad SMARTS) is 1. The van der Waals surface area contributed by atoms with Crippen LogP contribution in [-0.2, 0) is 4.79 Å². The SMILES string of the molecule is CC/C(=C\C(=O)O)c1cccc(NC(=O)c2cc(-c3ccccc3)cc3ccccc23)c1. The monoisotopic (exact) mass is 421 g/mol. The molecule has 32 heavy (non-hydrogen) atoms. The molecule has 4 aromatic rings. The number of carboxylic acids is 1. The van der Waals surface area contributed by atoms with Gasteiger partial charge in [-0.1, -0.05) is 73.7 Å². The largest absolute Gasteiger partial charge is 0.478 e. The Kier molecular flexibility index (Phi) is 6.13. The lowest BCUT2D eigenvalue weighted by Crippen LogP contribution is -2.13. The fourth-order valence-corrected chi connectivity index (χ4v) is 3.83. The number of nitrogens with one attached hydrogen (secondary N) is 1. The van der Waals surface area contributed by atoms with Gasteiger partial charge in [0.1, 0.15) is 0 Å². The topological polar surface area (TPSA) is 66.4 Å². The van der Waals surface area contributed by atoms with Gasteiger partial charge in [-0.25, -0.2) is 4.79 Å². The minimum Gasteiger partial charge on any atom is -0.478 e. The molecule has 0 saturated carbocycles. The van der Waals surface area contributed by atoms with E-state index in [2.05, 4.69) is 11.4 Å². The third-order valence-electron chi connectivity index (χ3n) is 5.38. The number of anilines is 1. The second kappa shape index (κ2) is 9.31. The van der Waals surface area contributed by atoms with E-state index in [9.17, 15) is 9.59 Å². The average molecular weight is 421 g/mol. The first-order chi connectivity index (χ1) is 15.5. The Labute approximate surface area is 186 Å². The van der Waals surface area contributed by atoms with E-state index in [1.807, 2.05) is 79.7 Å². The van der Waals surface area contributed by atoms with Crippen LogP contribution in [0.2, 0.25) is 0 Å². The van der Waals surface area contributed by atoms with E-state index in [4.69, 9.17) is 5.11 Å². The predicted molar refractivity (Wildman–Crippen MR) is 130 cm³/mol. The predicted octanol–water partition coefficient (Wildman–Crippen LogP) is 6.64. The molecule has 158 valence electrons. The molecule has 4 heteroatoms. The van der Waals surface area contributed by atoms with Gasteiger partial charge < -0.3 is 10.4 Å². The molecule has 0 aliphatic rings. The molecule has 0 unspecified atom stereocenters. The summed E-state index contributed by atoms with van der Waals surface area (Å²) in [4.78, 5) is 24.4. The first-order valence-electron chi connectivity index (χ1n) is 10.5.